The van der Waals surface area contributed by atoms with Crippen molar-refractivity contribution >= 4 is 11.9 Å². The topological polar surface area (TPSA) is 96.8 Å². The molecule has 6 heteroatoms. The SMILES string of the molecule is NCc1cc(C(=O)N2CCCC2C(=O)O)co1. The lowest BCUT2D eigenvalue weighted by Gasteiger charge is -2.20. The van der Waals surface area contributed by atoms with Crippen molar-refractivity contribution in [2.75, 3.05) is 6.54 Å². The molecule has 3 N–H and O–H groups in total. The van der Waals surface area contributed by atoms with Crippen LogP contribution in [0.5, 0.6) is 0 Å². The van der Waals surface area contributed by atoms with E-state index in [1.165, 1.54) is 11.2 Å². The predicted molar refractivity (Wildman–Crippen MR) is 58.3 cm³/mol. The largest absolute Gasteiger partial charge is 0.480 e. The summed E-state index contributed by atoms with van der Waals surface area (Å²) in [5.41, 5.74) is 5.74. The van der Waals surface area contributed by atoms with Gasteiger partial charge in [-0.1, -0.05) is 0 Å². The van der Waals surface area contributed by atoms with Gasteiger partial charge in [-0.2, -0.15) is 0 Å². The normalized spacial score (nSPS) is 19.6. The van der Waals surface area contributed by atoms with E-state index < -0.39 is 12.0 Å². The lowest BCUT2D eigenvalue weighted by atomic mass is 10.2. The number of rotatable bonds is 3. The van der Waals surface area contributed by atoms with Gasteiger partial charge in [0.2, 0.25) is 0 Å². The van der Waals surface area contributed by atoms with Gasteiger partial charge in [0.1, 0.15) is 18.1 Å². The molecule has 17 heavy (non-hydrogen) atoms. The monoisotopic (exact) mass is 238 g/mol. The Hall–Kier alpha value is -1.82. The van der Waals surface area contributed by atoms with Gasteiger partial charge in [0.05, 0.1) is 12.1 Å². The molecule has 0 aliphatic carbocycles. The van der Waals surface area contributed by atoms with Crippen molar-refractivity contribution in [2.24, 2.45) is 5.73 Å². The van der Waals surface area contributed by atoms with Gasteiger partial charge in [-0.05, 0) is 18.9 Å². The molecule has 0 aromatic carbocycles. The Balaban J connectivity index is 2.16. The number of amides is 1. The molecule has 2 heterocycles. The highest BCUT2D eigenvalue weighted by Gasteiger charge is 2.34. The highest BCUT2D eigenvalue weighted by Crippen LogP contribution is 2.21. The fraction of sp³-hybridized carbons (Fsp3) is 0.455. The van der Waals surface area contributed by atoms with Crippen molar-refractivity contribution in [3.05, 3.63) is 23.7 Å². The lowest BCUT2D eigenvalue weighted by Crippen LogP contribution is -2.40. The fourth-order valence-corrected chi connectivity index (χ4v) is 2.03. The maximum Gasteiger partial charge on any atom is 0.326 e. The van der Waals surface area contributed by atoms with Crippen LogP contribution in [0.1, 0.15) is 29.0 Å². The van der Waals surface area contributed by atoms with Crippen LogP contribution >= 0.6 is 0 Å². The van der Waals surface area contributed by atoms with Crippen molar-refractivity contribution in [3.63, 3.8) is 0 Å². The van der Waals surface area contributed by atoms with Gasteiger partial charge in [-0.3, -0.25) is 4.79 Å². The number of likely N-dealkylation sites (tertiary alicyclic amines) is 1. The number of furan rings is 1. The van der Waals surface area contributed by atoms with Crippen LogP contribution in [0.4, 0.5) is 0 Å². The molecule has 92 valence electrons. The molecule has 2 rings (SSSR count). The molecule has 1 aromatic heterocycles. The van der Waals surface area contributed by atoms with E-state index in [1.54, 1.807) is 6.07 Å². The number of nitrogens with zero attached hydrogens (tertiary/aromatic N) is 1. The van der Waals surface area contributed by atoms with E-state index in [1.807, 2.05) is 0 Å². The van der Waals surface area contributed by atoms with Gasteiger partial charge in [0, 0.05) is 6.54 Å². The summed E-state index contributed by atoms with van der Waals surface area (Å²) < 4.78 is 5.07. The number of hydrogen-bond donors (Lipinski definition) is 2. The van der Waals surface area contributed by atoms with E-state index >= 15 is 0 Å². The minimum atomic E-state index is -0.960. The Morgan fingerprint density at radius 3 is 2.94 bits per heavy atom. The van der Waals surface area contributed by atoms with Gasteiger partial charge in [0.15, 0.2) is 0 Å². The molecule has 1 unspecified atom stereocenters. The van der Waals surface area contributed by atoms with Crippen LogP contribution in [0.3, 0.4) is 0 Å². The first kappa shape index (κ1) is 11.7. The molecule has 1 aromatic rings. The molecule has 0 spiro atoms. The number of hydrogen-bond acceptors (Lipinski definition) is 4. The van der Waals surface area contributed by atoms with Crippen LogP contribution in [-0.2, 0) is 11.3 Å². The number of carbonyl (C=O) groups is 2. The summed E-state index contributed by atoms with van der Waals surface area (Å²) in [6.07, 6.45) is 2.54. The quantitative estimate of drug-likeness (QED) is 0.795. The maximum atomic E-state index is 12.1. The van der Waals surface area contributed by atoms with Crippen LogP contribution in [0.2, 0.25) is 0 Å². The molecule has 6 nitrogen and oxygen atoms in total. The highest BCUT2D eigenvalue weighted by molar-refractivity contribution is 5.96. The van der Waals surface area contributed by atoms with E-state index in [0.29, 0.717) is 30.7 Å². The summed E-state index contributed by atoms with van der Waals surface area (Å²) >= 11 is 0. The van der Waals surface area contributed by atoms with Gasteiger partial charge < -0.3 is 20.2 Å². The number of carboxylic acids is 1. The van der Waals surface area contributed by atoms with Gasteiger partial charge in [-0.15, -0.1) is 0 Å². The molecule has 1 amide bonds. The summed E-state index contributed by atoms with van der Waals surface area (Å²) in [4.78, 5) is 24.4. The minimum absolute atomic E-state index is 0.218. The second-order valence-corrected chi connectivity index (χ2v) is 4.00. The molecular weight excluding hydrogens is 224 g/mol. The second-order valence-electron chi connectivity index (χ2n) is 4.00. The Morgan fingerprint density at radius 1 is 1.59 bits per heavy atom. The molecule has 0 radical (unpaired) electrons. The molecule has 0 saturated carbocycles. The summed E-state index contributed by atoms with van der Waals surface area (Å²) in [7, 11) is 0. The first-order chi connectivity index (χ1) is 8.13. The zero-order valence-corrected chi connectivity index (χ0v) is 9.26. The van der Waals surface area contributed by atoms with E-state index in [9.17, 15) is 9.59 Å². The van der Waals surface area contributed by atoms with Crippen LogP contribution < -0.4 is 5.73 Å². The van der Waals surface area contributed by atoms with E-state index in [4.69, 9.17) is 15.3 Å². The molecule has 1 aliphatic heterocycles. The van der Waals surface area contributed by atoms with E-state index in [2.05, 4.69) is 0 Å². The Bertz CT molecular complexity index is 440. The summed E-state index contributed by atoms with van der Waals surface area (Å²) in [5, 5.41) is 8.99. The number of carboxylic acid groups (broad SMARTS) is 1. The number of carbonyl (C=O) groups excluding carboxylic acids is 1. The highest BCUT2D eigenvalue weighted by atomic mass is 16.4. The standard InChI is InChI=1S/C11H14N2O4/c12-5-8-4-7(6-17-8)10(14)13-3-1-2-9(13)11(15)16/h4,6,9H,1-3,5,12H2,(H,15,16). The average molecular weight is 238 g/mol. The molecule has 1 fully saturated rings. The first-order valence-corrected chi connectivity index (χ1v) is 5.44. The second kappa shape index (κ2) is 4.58. The third-order valence-electron chi connectivity index (χ3n) is 2.90. The van der Waals surface area contributed by atoms with Crippen molar-refractivity contribution < 1.29 is 19.1 Å². The Labute approximate surface area is 98.0 Å². The third kappa shape index (κ3) is 2.16. The lowest BCUT2D eigenvalue weighted by molar-refractivity contribution is -0.141. The summed E-state index contributed by atoms with van der Waals surface area (Å²) in [5.74, 6) is -0.754. The molecule has 1 saturated heterocycles. The molecular formula is C11H14N2O4. The van der Waals surface area contributed by atoms with Gasteiger partial charge >= 0.3 is 5.97 Å². The molecule has 0 bridgehead atoms. The van der Waals surface area contributed by atoms with Crippen LogP contribution in [0.15, 0.2) is 16.7 Å². The first-order valence-electron chi connectivity index (χ1n) is 5.44. The average Bonchev–Trinajstić information content (AvgIpc) is 2.97. The van der Waals surface area contributed by atoms with E-state index in [-0.39, 0.29) is 12.5 Å². The zero-order valence-electron chi connectivity index (χ0n) is 9.26. The third-order valence-corrected chi connectivity index (χ3v) is 2.90. The number of nitrogens with two attached hydrogens (primary N) is 1. The van der Waals surface area contributed by atoms with Gasteiger partial charge in [0.25, 0.3) is 5.91 Å². The van der Waals surface area contributed by atoms with Crippen molar-refractivity contribution in [2.45, 2.75) is 25.4 Å². The van der Waals surface area contributed by atoms with Crippen molar-refractivity contribution in [3.8, 4) is 0 Å². The number of aliphatic carboxylic acids is 1. The van der Waals surface area contributed by atoms with Crippen LogP contribution in [0.25, 0.3) is 0 Å². The minimum Gasteiger partial charge on any atom is -0.480 e. The fourth-order valence-electron chi connectivity index (χ4n) is 2.03. The van der Waals surface area contributed by atoms with Crippen LogP contribution in [-0.4, -0.2) is 34.5 Å². The summed E-state index contributed by atoms with van der Waals surface area (Å²) in [6.45, 7) is 0.689. The smallest absolute Gasteiger partial charge is 0.326 e. The van der Waals surface area contributed by atoms with Crippen molar-refractivity contribution in [1.29, 1.82) is 0 Å². The predicted octanol–water partition coefficient (Wildman–Crippen LogP) is 0.427. The Kier molecular flexibility index (Phi) is 3.14. The molecule has 1 atom stereocenters. The van der Waals surface area contributed by atoms with Crippen molar-refractivity contribution in [1.82, 2.24) is 4.90 Å². The summed E-state index contributed by atoms with van der Waals surface area (Å²) in [6, 6.07) is 0.832. The Morgan fingerprint density at radius 2 is 2.35 bits per heavy atom. The van der Waals surface area contributed by atoms with E-state index in [0.717, 1.165) is 0 Å². The maximum absolute atomic E-state index is 12.1. The van der Waals surface area contributed by atoms with Gasteiger partial charge in [-0.25, -0.2) is 4.79 Å². The molecule has 1 aliphatic rings. The van der Waals surface area contributed by atoms with Crippen LogP contribution in [0, 0.1) is 0 Å². The zero-order chi connectivity index (χ0) is 12.4.